The quantitative estimate of drug-likeness (QED) is 0.861. The molecular weight excluding hydrogens is 248 g/mol. The zero-order valence-corrected chi connectivity index (χ0v) is 12.0. The summed E-state index contributed by atoms with van der Waals surface area (Å²) >= 11 is 0. The summed E-state index contributed by atoms with van der Waals surface area (Å²) in [7, 11) is 0. The van der Waals surface area contributed by atoms with Gasteiger partial charge < -0.3 is 10.4 Å². The van der Waals surface area contributed by atoms with E-state index in [-0.39, 0.29) is 18.0 Å². The van der Waals surface area contributed by atoms with Gasteiger partial charge in [-0.25, -0.2) is 8.78 Å². The standard InChI is InChI=1S/C15H23F2NO/c1-10(18-9-13(19)14(16)17)11-5-7-12(8-6-11)15(2,3)4/h5-8,10,13-14,18-19H,9H2,1-4H3. The van der Waals surface area contributed by atoms with Crippen LogP contribution in [-0.4, -0.2) is 24.2 Å². The summed E-state index contributed by atoms with van der Waals surface area (Å²) in [6.07, 6.45) is -4.32. The first-order valence-electron chi connectivity index (χ1n) is 6.52. The van der Waals surface area contributed by atoms with Crippen molar-refractivity contribution < 1.29 is 13.9 Å². The third kappa shape index (κ3) is 4.88. The maximum atomic E-state index is 12.2. The molecule has 2 nitrogen and oxygen atoms in total. The van der Waals surface area contributed by atoms with Crippen LogP contribution < -0.4 is 5.32 Å². The Balaban J connectivity index is 2.61. The molecule has 0 aliphatic heterocycles. The fourth-order valence-corrected chi connectivity index (χ4v) is 1.78. The highest BCUT2D eigenvalue weighted by Crippen LogP contribution is 2.23. The SMILES string of the molecule is CC(NCC(O)C(F)F)c1ccc(C(C)(C)C)cc1. The molecule has 0 saturated carbocycles. The number of halogens is 2. The van der Waals surface area contributed by atoms with Gasteiger partial charge in [0.05, 0.1) is 0 Å². The van der Waals surface area contributed by atoms with Gasteiger partial charge in [-0.15, -0.1) is 0 Å². The summed E-state index contributed by atoms with van der Waals surface area (Å²) in [6, 6.07) is 8.02. The van der Waals surface area contributed by atoms with Crippen LogP contribution >= 0.6 is 0 Å². The van der Waals surface area contributed by atoms with Crippen LogP contribution in [0.25, 0.3) is 0 Å². The van der Waals surface area contributed by atoms with Gasteiger partial charge >= 0.3 is 0 Å². The molecule has 0 aliphatic carbocycles. The number of benzene rings is 1. The number of alkyl halides is 2. The molecule has 0 saturated heterocycles. The van der Waals surface area contributed by atoms with E-state index in [2.05, 4.69) is 38.2 Å². The van der Waals surface area contributed by atoms with Crippen molar-refractivity contribution in [3.05, 3.63) is 35.4 Å². The van der Waals surface area contributed by atoms with Crippen molar-refractivity contribution in [1.29, 1.82) is 0 Å². The van der Waals surface area contributed by atoms with Crippen molar-refractivity contribution in [3.63, 3.8) is 0 Å². The second-order valence-electron chi connectivity index (χ2n) is 5.90. The number of nitrogens with one attached hydrogen (secondary N) is 1. The fraction of sp³-hybridized carbons (Fsp3) is 0.600. The van der Waals surface area contributed by atoms with E-state index in [9.17, 15) is 8.78 Å². The zero-order valence-electron chi connectivity index (χ0n) is 12.0. The highest BCUT2D eigenvalue weighted by molar-refractivity contribution is 5.29. The molecule has 2 N–H and O–H groups in total. The van der Waals surface area contributed by atoms with Gasteiger partial charge in [0.1, 0.15) is 6.10 Å². The number of aliphatic hydroxyl groups is 1. The largest absolute Gasteiger partial charge is 0.386 e. The molecule has 0 aliphatic rings. The van der Waals surface area contributed by atoms with Gasteiger partial charge in [-0.1, -0.05) is 45.0 Å². The predicted molar refractivity (Wildman–Crippen MR) is 73.6 cm³/mol. The van der Waals surface area contributed by atoms with E-state index in [1.807, 2.05) is 19.1 Å². The van der Waals surface area contributed by atoms with E-state index in [4.69, 9.17) is 5.11 Å². The molecule has 1 aromatic rings. The minimum Gasteiger partial charge on any atom is -0.386 e. The average molecular weight is 271 g/mol. The molecular formula is C15H23F2NO. The van der Waals surface area contributed by atoms with Gasteiger partial charge in [0.25, 0.3) is 6.43 Å². The van der Waals surface area contributed by atoms with Crippen molar-refractivity contribution in [3.8, 4) is 0 Å². The highest BCUT2D eigenvalue weighted by atomic mass is 19.3. The summed E-state index contributed by atoms with van der Waals surface area (Å²) < 4.78 is 24.4. The average Bonchev–Trinajstić information content (AvgIpc) is 2.34. The second-order valence-corrected chi connectivity index (χ2v) is 5.90. The summed E-state index contributed by atoms with van der Waals surface area (Å²) in [6.45, 7) is 8.21. The summed E-state index contributed by atoms with van der Waals surface area (Å²) in [5.74, 6) is 0. The van der Waals surface area contributed by atoms with Crippen molar-refractivity contribution >= 4 is 0 Å². The lowest BCUT2D eigenvalue weighted by atomic mass is 9.86. The molecule has 4 heteroatoms. The number of hydrogen-bond donors (Lipinski definition) is 2. The number of rotatable bonds is 5. The van der Waals surface area contributed by atoms with Gasteiger partial charge in [0.2, 0.25) is 0 Å². The summed E-state index contributed by atoms with van der Waals surface area (Å²) in [4.78, 5) is 0. The molecule has 1 aromatic carbocycles. The van der Waals surface area contributed by atoms with Crippen molar-refractivity contribution in [2.24, 2.45) is 0 Å². The lowest BCUT2D eigenvalue weighted by Gasteiger charge is -2.21. The van der Waals surface area contributed by atoms with Crippen LogP contribution in [0, 0.1) is 0 Å². The lowest BCUT2D eigenvalue weighted by molar-refractivity contribution is -0.00439. The topological polar surface area (TPSA) is 32.3 Å². The first-order chi connectivity index (χ1) is 8.71. The van der Waals surface area contributed by atoms with Gasteiger partial charge in [0.15, 0.2) is 0 Å². The van der Waals surface area contributed by atoms with Crippen LogP contribution in [0.4, 0.5) is 8.78 Å². The van der Waals surface area contributed by atoms with E-state index in [0.717, 1.165) is 5.56 Å². The van der Waals surface area contributed by atoms with Crippen LogP contribution in [0.5, 0.6) is 0 Å². The molecule has 108 valence electrons. The molecule has 2 unspecified atom stereocenters. The molecule has 0 bridgehead atoms. The molecule has 0 radical (unpaired) electrons. The Bertz CT molecular complexity index is 384. The molecule has 19 heavy (non-hydrogen) atoms. The summed E-state index contributed by atoms with van der Waals surface area (Å²) in [5.41, 5.74) is 2.35. The maximum Gasteiger partial charge on any atom is 0.265 e. The van der Waals surface area contributed by atoms with Gasteiger partial charge in [-0.2, -0.15) is 0 Å². The smallest absolute Gasteiger partial charge is 0.265 e. The van der Waals surface area contributed by atoms with E-state index >= 15 is 0 Å². The maximum absolute atomic E-state index is 12.2. The van der Waals surface area contributed by atoms with E-state index < -0.39 is 12.5 Å². The number of hydrogen-bond acceptors (Lipinski definition) is 2. The minimum absolute atomic E-state index is 0.0672. The van der Waals surface area contributed by atoms with Crippen molar-refractivity contribution in [1.82, 2.24) is 5.32 Å². The number of aliphatic hydroxyl groups excluding tert-OH is 1. The molecule has 0 spiro atoms. The second kappa shape index (κ2) is 6.44. The first kappa shape index (κ1) is 16.1. The first-order valence-corrected chi connectivity index (χ1v) is 6.52. The Kier molecular flexibility index (Phi) is 5.44. The van der Waals surface area contributed by atoms with Crippen molar-refractivity contribution in [2.45, 2.75) is 51.7 Å². The molecule has 0 amide bonds. The Labute approximate surface area is 113 Å². The van der Waals surface area contributed by atoms with Gasteiger partial charge in [-0.05, 0) is 23.5 Å². The van der Waals surface area contributed by atoms with Crippen LogP contribution in [0.1, 0.15) is 44.9 Å². The summed E-state index contributed by atoms with van der Waals surface area (Å²) in [5, 5.41) is 12.0. The molecule has 0 aromatic heterocycles. The molecule has 1 rings (SSSR count). The predicted octanol–water partition coefficient (Wildman–Crippen LogP) is 3.26. The van der Waals surface area contributed by atoms with E-state index in [1.54, 1.807) is 0 Å². The van der Waals surface area contributed by atoms with E-state index in [1.165, 1.54) is 5.56 Å². The highest BCUT2D eigenvalue weighted by Gasteiger charge is 2.18. The Hall–Kier alpha value is -1.00. The molecule has 0 fully saturated rings. The molecule has 2 atom stereocenters. The Morgan fingerprint density at radius 3 is 2.11 bits per heavy atom. The Morgan fingerprint density at radius 1 is 1.16 bits per heavy atom. The normalized spacial score (nSPS) is 15.6. The fourth-order valence-electron chi connectivity index (χ4n) is 1.78. The van der Waals surface area contributed by atoms with Crippen LogP contribution in [-0.2, 0) is 5.41 Å². The van der Waals surface area contributed by atoms with Gasteiger partial charge in [0, 0.05) is 12.6 Å². The van der Waals surface area contributed by atoms with Crippen molar-refractivity contribution in [2.75, 3.05) is 6.54 Å². The third-order valence-corrected chi connectivity index (χ3v) is 3.20. The monoisotopic (exact) mass is 271 g/mol. The van der Waals surface area contributed by atoms with Crippen LogP contribution in [0.15, 0.2) is 24.3 Å². The van der Waals surface area contributed by atoms with Crippen LogP contribution in [0.2, 0.25) is 0 Å². The van der Waals surface area contributed by atoms with Gasteiger partial charge in [-0.3, -0.25) is 0 Å². The Morgan fingerprint density at radius 2 is 1.68 bits per heavy atom. The third-order valence-electron chi connectivity index (χ3n) is 3.20. The zero-order chi connectivity index (χ0) is 14.6. The van der Waals surface area contributed by atoms with Crippen LogP contribution in [0.3, 0.4) is 0 Å². The lowest BCUT2D eigenvalue weighted by Crippen LogP contribution is -2.33. The van der Waals surface area contributed by atoms with E-state index in [0.29, 0.717) is 0 Å². The minimum atomic E-state index is -2.71. The molecule has 0 heterocycles.